The number of likely N-dealkylation sites (N-methyl/N-ethyl adjacent to an activating group) is 1. The van der Waals surface area contributed by atoms with Gasteiger partial charge < -0.3 is 14.7 Å². The molecule has 5 nitrogen and oxygen atoms in total. The third-order valence-electron chi connectivity index (χ3n) is 1.67. The van der Waals surface area contributed by atoms with Crippen LogP contribution in [0.25, 0.3) is 0 Å². The molecule has 1 rings (SSSR count). The monoisotopic (exact) mass is 187 g/mol. The molecule has 0 saturated heterocycles. The molecule has 1 N–H and O–H groups in total. The summed E-state index contributed by atoms with van der Waals surface area (Å²) in [7, 11) is 3.31. The van der Waals surface area contributed by atoms with E-state index >= 15 is 0 Å². The second kappa shape index (κ2) is 5.31. The Hall–Kier alpha value is -1.36. The minimum atomic E-state index is -0.250. The molecule has 1 unspecified atom stereocenters. The Balaban J connectivity index is 0.000000424. The van der Waals surface area contributed by atoms with Crippen LogP contribution in [-0.4, -0.2) is 42.8 Å². The fourth-order valence-corrected chi connectivity index (χ4v) is 1.02. The molecule has 0 fully saturated rings. The molecule has 0 aromatic carbocycles. The first-order valence-electron chi connectivity index (χ1n) is 3.64. The number of carboxylic acid groups (broad SMARTS) is 1. The summed E-state index contributed by atoms with van der Waals surface area (Å²) in [5, 5.41) is 6.89. The maximum absolute atomic E-state index is 11.1. The molecule has 0 saturated carbocycles. The summed E-state index contributed by atoms with van der Waals surface area (Å²) in [6, 6.07) is 0. The Bertz CT molecular complexity index is 224. The Kier molecular flexibility index (Phi) is 4.76. The van der Waals surface area contributed by atoms with Gasteiger partial charge >= 0.3 is 0 Å². The van der Waals surface area contributed by atoms with Crippen LogP contribution in [0, 0.1) is 0 Å². The van der Waals surface area contributed by atoms with E-state index in [2.05, 4.69) is 0 Å². The number of hydrogen-bond donors (Lipinski definition) is 1. The van der Waals surface area contributed by atoms with Crippen molar-refractivity contribution in [3.63, 3.8) is 0 Å². The zero-order chi connectivity index (χ0) is 10.4. The largest absolute Gasteiger partial charge is 0.483 e. The topological polar surface area (TPSA) is 66.8 Å². The second-order valence-electron chi connectivity index (χ2n) is 2.50. The van der Waals surface area contributed by atoms with E-state index in [0.29, 0.717) is 0 Å². The Morgan fingerprint density at radius 2 is 2.15 bits per heavy atom. The molecule has 5 heteroatoms. The summed E-state index contributed by atoms with van der Waals surface area (Å²) in [6.07, 6.45) is 1.65. The molecule has 1 atom stereocenters. The van der Waals surface area contributed by atoms with Crippen molar-refractivity contribution >= 4 is 12.4 Å². The van der Waals surface area contributed by atoms with Crippen LogP contribution >= 0.6 is 0 Å². The average Bonchev–Trinajstić information content (AvgIpc) is 2.34. The lowest BCUT2D eigenvalue weighted by atomic mass is 10.3. The van der Waals surface area contributed by atoms with Crippen molar-refractivity contribution in [2.45, 2.75) is 13.2 Å². The van der Waals surface area contributed by atoms with Crippen molar-refractivity contribution in [2.75, 3.05) is 14.2 Å². The van der Waals surface area contributed by atoms with Crippen LogP contribution in [0.1, 0.15) is 6.92 Å². The predicted octanol–water partition coefficient (Wildman–Crippen LogP) is 0.0780. The minimum Gasteiger partial charge on any atom is -0.483 e. The van der Waals surface area contributed by atoms with Gasteiger partial charge in [0.25, 0.3) is 12.4 Å². The number of hydrogen-bond acceptors (Lipinski definition) is 3. The SMILES string of the molecule is COC1C=C(C)C(=O)N1C.O=CO. The molecular weight excluding hydrogens is 174 g/mol. The van der Waals surface area contributed by atoms with Crippen molar-refractivity contribution in [1.82, 2.24) is 4.90 Å². The van der Waals surface area contributed by atoms with Gasteiger partial charge in [0.2, 0.25) is 0 Å². The van der Waals surface area contributed by atoms with E-state index in [1.165, 1.54) is 0 Å². The lowest BCUT2D eigenvalue weighted by Crippen LogP contribution is -2.31. The maximum Gasteiger partial charge on any atom is 0.290 e. The van der Waals surface area contributed by atoms with Crippen LogP contribution < -0.4 is 0 Å². The van der Waals surface area contributed by atoms with E-state index in [1.807, 2.05) is 6.08 Å². The number of carbonyl (C=O) groups excluding carboxylic acids is 1. The van der Waals surface area contributed by atoms with Crippen molar-refractivity contribution in [3.8, 4) is 0 Å². The molecule has 0 bridgehead atoms. The normalized spacial score (nSPS) is 20.5. The highest BCUT2D eigenvalue weighted by Gasteiger charge is 2.25. The van der Waals surface area contributed by atoms with Crippen molar-refractivity contribution in [3.05, 3.63) is 11.6 Å². The highest BCUT2D eigenvalue weighted by molar-refractivity contribution is 5.95. The van der Waals surface area contributed by atoms with Crippen LogP contribution in [0.5, 0.6) is 0 Å². The number of rotatable bonds is 1. The van der Waals surface area contributed by atoms with Crippen LogP contribution in [0.2, 0.25) is 0 Å². The van der Waals surface area contributed by atoms with E-state index in [1.54, 1.807) is 26.0 Å². The van der Waals surface area contributed by atoms with Gasteiger partial charge in [-0.2, -0.15) is 0 Å². The summed E-state index contributed by atoms with van der Waals surface area (Å²) in [4.78, 5) is 21.0. The molecule has 0 aliphatic carbocycles. The zero-order valence-electron chi connectivity index (χ0n) is 7.85. The van der Waals surface area contributed by atoms with E-state index < -0.39 is 0 Å². The predicted molar refractivity (Wildman–Crippen MR) is 46.0 cm³/mol. The smallest absolute Gasteiger partial charge is 0.290 e. The molecule has 1 heterocycles. The summed E-state index contributed by atoms with van der Waals surface area (Å²) in [5.41, 5.74) is 0.759. The molecule has 0 aromatic heterocycles. The highest BCUT2D eigenvalue weighted by atomic mass is 16.5. The lowest BCUT2D eigenvalue weighted by molar-refractivity contribution is -0.131. The number of ether oxygens (including phenoxy) is 1. The molecule has 0 spiro atoms. The highest BCUT2D eigenvalue weighted by Crippen LogP contribution is 2.14. The van der Waals surface area contributed by atoms with E-state index in [9.17, 15) is 4.79 Å². The molecule has 1 aliphatic heterocycles. The molecule has 74 valence electrons. The molecule has 1 aliphatic rings. The second-order valence-corrected chi connectivity index (χ2v) is 2.50. The van der Waals surface area contributed by atoms with E-state index in [-0.39, 0.29) is 18.6 Å². The van der Waals surface area contributed by atoms with Crippen LogP contribution in [0.15, 0.2) is 11.6 Å². The van der Waals surface area contributed by atoms with Gasteiger partial charge in [-0.1, -0.05) is 0 Å². The third-order valence-corrected chi connectivity index (χ3v) is 1.67. The molecule has 0 radical (unpaired) electrons. The van der Waals surface area contributed by atoms with Gasteiger partial charge in [-0.3, -0.25) is 9.59 Å². The van der Waals surface area contributed by atoms with Crippen LogP contribution in [0.3, 0.4) is 0 Å². The van der Waals surface area contributed by atoms with Crippen molar-refractivity contribution in [1.29, 1.82) is 0 Å². The lowest BCUT2D eigenvalue weighted by Gasteiger charge is -2.16. The van der Waals surface area contributed by atoms with Gasteiger partial charge in [0.1, 0.15) is 0 Å². The number of methoxy groups -OCH3 is 1. The Labute approximate surface area is 76.6 Å². The first-order chi connectivity index (χ1) is 6.08. The minimum absolute atomic E-state index is 0.0480. The van der Waals surface area contributed by atoms with E-state index in [4.69, 9.17) is 14.6 Å². The van der Waals surface area contributed by atoms with E-state index in [0.717, 1.165) is 5.57 Å². The Morgan fingerprint density at radius 3 is 2.31 bits per heavy atom. The average molecular weight is 187 g/mol. The number of carbonyl (C=O) groups is 2. The van der Waals surface area contributed by atoms with Gasteiger partial charge in [-0.05, 0) is 13.0 Å². The summed E-state index contributed by atoms with van der Waals surface area (Å²) < 4.78 is 4.99. The first-order valence-corrected chi connectivity index (χ1v) is 3.64. The van der Waals surface area contributed by atoms with Crippen LogP contribution in [0.4, 0.5) is 0 Å². The summed E-state index contributed by atoms with van der Waals surface area (Å²) >= 11 is 0. The zero-order valence-corrected chi connectivity index (χ0v) is 7.85. The van der Waals surface area contributed by atoms with Crippen LogP contribution in [-0.2, 0) is 14.3 Å². The summed E-state index contributed by atoms with van der Waals surface area (Å²) in [6.45, 7) is 1.54. The number of nitrogens with zero attached hydrogens (tertiary/aromatic N) is 1. The molecule has 13 heavy (non-hydrogen) atoms. The van der Waals surface area contributed by atoms with Gasteiger partial charge in [0.05, 0.1) is 0 Å². The molecular formula is C8H13NO4. The first kappa shape index (κ1) is 11.6. The summed E-state index contributed by atoms with van der Waals surface area (Å²) in [5.74, 6) is 0.0480. The standard InChI is InChI=1S/C7H11NO2.CH2O2/c1-5-4-6(10-3)8(2)7(5)9;2-1-3/h4,6H,1-3H3;1H,(H,2,3). The van der Waals surface area contributed by atoms with Gasteiger partial charge in [-0.25, -0.2) is 0 Å². The molecule has 1 amide bonds. The number of amides is 1. The quantitative estimate of drug-likeness (QED) is 0.590. The van der Waals surface area contributed by atoms with Gasteiger partial charge in [0.15, 0.2) is 6.23 Å². The third kappa shape index (κ3) is 2.87. The Morgan fingerprint density at radius 1 is 1.69 bits per heavy atom. The van der Waals surface area contributed by atoms with Crippen molar-refractivity contribution < 1.29 is 19.4 Å². The molecule has 0 aromatic rings. The van der Waals surface area contributed by atoms with Gasteiger partial charge in [-0.15, -0.1) is 0 Å². The maximum atomic E-state index is 11.1. The van der Waals surface area contributed by atoms with Crippen molar-refractivity contribution in [2.24, 2.45) is 0 Å². The van der Waals surface area contributed by atoms with Gasteiger partial charge in [0, 0.05) is 19.7 Å². The fourth-order valence-electron chi connectivity index (χ4n) is 1.02. The fraction of sp³-hybridized carbons (Fsp3) is 0.500.